The van der Waals surface area contributed by atoms with Gasteiger partial charge in [0.1, 0.15) is 0 Å². The molecule has 100 valence electrons. The molecular weight excluding hydrogens is 426 g/mol. The smallest absolute Gasteiger partial charge is 0.0773 e. The summed E-state index contributed by atoms with van der Waals surface area (Å²) in [6.07, 6.45) is 5.85. The molecular formula is C12H28I2N2. The number of likely N-dealkylation sites (tertiary alicyclic amines) is 2. The largest absolute Gasteiger partial charge is 1.00 e. The van der Waals surface area contributed by atoms with Crippen LogP contribution < -0.4 is 57.8 Å². The quantitative estimate of drug-likeness (QED) is 0.385. The van der Waals surface area contributed by atoms with Gasteiger partial charge >= 0.3 is 0 Å². The highest BCUT2D eigenvalue weighted by molar-refractivity contribution is 4.42. The molecule has 2 N–H and O–H groups in total. The van der Waals surface area contributed by atoms with E-state index in [2.05, 4.69) is 13.8 Å². The maximum atomic E-state index is 2.26. The second-order valence-corrected chi connectivity index (χ2v) is 4.62. The summed E-state index contributed by atoms with van der Waals surface area (Å²) < 4.78 is 0. The third-order valence-corrected chi connectivity index (χ3v) is 3.62. The van der Waals surface area contributed by atoms with E-state index in [1.807, 2.05) is 0 Å². The summed E-state index contributed by atoms with van der Waals surface area (Å²) in [5.41, 5.74) is 0. The Morgan fingerprint density at radius 3 is 1.00 bits per heavy atom. The monoisotopic (exact) mass is 454 g/mol. The minimum Gasteiger partial charge on any atom is -1.00 e. The normalized spacial score (nSPS) is 20.6. The summed E-state index contributed by atoms with van der Waals surface area (Å²) in [6.45, 7) is 12.9. The lowest BCUT2D eigenvalue weighted by molar-refractivity contribution is -0.885. The number of nitrogens with one attached hydrogen (secondary N) is 2. The molecule has 0 amide bonds. The van der Waals surface area contributed by atoms with Crippen molar-refractivity contribution in [3.8, 4) is 0 Å². The average molecular weight is 454 g/mol. The summed E-state index contributed by atoms with van der Waals surface area (Å²) in [5, 5.41) is 0. The molecule has 0 atom stereocenters. The van der Waals surface area contributed by atoms with E-state index in [0.717, 1.165) is 0 Å². The van der Waals surface area contributed by atoms with Crippen molar-refractivity contribution < 1.29 is 57.8 Å². The molecule has 0 saturated carbocycles. The van der Waals surface area contributed by atoms with Crippen LogP contribution in [0.25, 0.3) is 0 Å². The molecule has 0 aliphatic carbocycles. The van der Waals surface area contributed by atoms with Gasteiger partial charge in [-0.05, 0) is 13.8 Å². The SMILES string of the molecule is CC[NH+]1CCCC1.CC[NH+]1CCCC1.[I-].[I-]. The minimum absolute atomic E-state index is 0. The van der Waals surface area contributed by atoms with Crippen LogP contribution in [0, 0.1) is 0 Å². The maximum absolute atomic E-state index is 2.26. The molecule has 2 rings (SSSR count). The maximum Gasteiger partial charge on any atom is 0.0773 e. The highest BCUT2D eigenvalue weighted by Gasteiger charge is 2.11. The molecule has 0 spiro atoms. The second-order valence-electron chi connectivity index (χ2n) is 4.62. The Morgan fingerprint density at radius 2 is 0.875 bits per heavy atom. The van der Waals surface area contributed by atoms with Crippen molar-refractivity contribution in [2.24, 2.45) is 0 Å². The van der Waals surface area contributed by atoms with Crippen molar-refractivity contribution in [3.63, 3.8) is 0 Å². The lowest BCUT2D eigenvalue weighted by atomic mass is 10.4. The van der Waals surface area contributed by atoms with Crippen molar-refractivity contribution in [2.75, 3.05) is 39.3 Å². The molecule has 2 heterocycles. The molecule has 0 aromatic heterocycles. The van der Waals surface area contributed by atoms with E-state index in [1.54, 1.807) is 9.80 Å². The fourth-order valence-electron chi connectivity index (χ4n) is 2.46. The van der Waals surface area contributed by atoms with E-state index in [-0.39, 0.29) is 48.0 Å². The molecule has 16 heavy (non-hydrogen) atoms. The number of hydrogen-bond acceptors (Lipinski definition) is 0. The van der Waals surface area contributed by atoms with E-state index in [1.165, 1.54) is 65.0 Å². The fraction of sp³-hybridized carbons (Fsp3) is 1.00. The van der Waals surface area contributed by atoms with Gasteiger partial charge in [-0.3, -0.25) is 0 Å². The highest BCUT2D eigenvalue weighted by atomic mass is 127. The Hall–Kier alpha value is 1.38. The van der Waals surface area contributed by atoms with Crippen LogP contribution in [-0.4, -0.2) is 39.3 Å². The first-order valence-electron chi connectivity index (χ1n) is 6.54. The Labute approximate surface area is 136 Å². The zero-order valence-electron chi connectivity index (χ0n) is 10.8. The third-order valence-electron chi connectivity index (χ3n) is 3.62. The van der Waals surface area contributed by atoms with Crippen LogP contribution >= 0.6 is 0 Å². The lowest BCUT2D eigenvalue weighted by Gasteiger charge is -2.05. The van der Waals surface area contributed by atoms with E-state index >= 15 is 0 Å². The van der Waals surface area contributed by atoms with Gasteiger partial charge in [0.05, 0.1) is 39.3 Å². The van der Waals surface area contributed by atoms with Crippen LogP contribution in [0.2, 0.25) is 0 Å². The Kier molecular flexibility index (Phi) is 15.8. The van der Waals surface area contributed by atoms with E-state index in [9.17, 15) is 0 Å². The van der Waals surface area contributed by atoms with Gasteiger partial charge in [0.25, 0.3) is 0 Å². The molecule has 2 saturated heterocycles. The van der Waals surface area contributed by atoms with Crippen molar-refractivity contribution >= 4 is 0 Å². The topological polar surface area (TPSA) is 8.88 Å². The molecule has 4 heteroatoms. The molecule has 0 bridgehead atoms. The number of rotatable bonds is 2. The van der Waals surface area contributed by atoms with Crippen molar-refractivity contribution in [3.05, 3.63) is 0 Å². The first-order chi connectivity index (χ1) is 6.86. The summed E-state index contributed by atoms with van der Waals surface area (Å²) in [4.78, 5) is 3.58. The summed E-state index contributed by atoms with van der Waals surface area (Å²) in [5.74, 6) is 0. The van der Waals surface area contributed by atoms with Crippen LogP contribution in [-0.2, 0) is 0 Å². The number of hydrogen-bond donors (Lipinski definition) is 2. The molecule has 0 radical (unpaired) electrons. The first kappa shape index (κ1) is 19.7. The summed E-state index contributed by atoms with van der Waals surface area (Å²) in [6, 6.07) is 0. The molecule has 2 fully saturated rings. The number of halogens is 2. The molecule has 2 aliphatic rings. The van der Waals surface area contributed by atoms with E-state index in [4.69, 9.17) is 0 Å². The van der Waals surface area contributed by atoms with E-state index < -0.39 is 0 Å². The Bertz CT molecular complexity index is 117. The minimum atomic E-state index is 0. The van der Waals surface area contributed by atoms with Crippen LogP contribution in [0.15, 0.2) is 0 Å². The van der Waals surface area contributed by atoms with Gasteiger partial charge in [-0.25, -0.2) is 0 Å². The van der Waals surface area contributed by atoms with Gasteiger partial charge in [0, 0.05) is 25.7 Å². The second kappa shape index (κ2) is 12.8. The molecule has 2 nitrogen and oxygen atoms in total. The Balaban J connectivity index is 0. The first-order valence-corrected chi connectivity index (χ1v) is 6.54. The van der Waals surface area contributed by atoms with Crippen LogP contribution in [0.1, 0.15) is 39.5 Å². The zero-order valence-corrected chi connectivity index (χ0v) is 15.1. The standard InChI is InChI=1S/2C6H13N.2HI/c2*1-2-7-5-3-4-6-7;;/h2*2-6H2,1H3;2*1H. The fourth-order valence-corrected chi connectivity index (χ4v) is 2.46. The average Bonchev–Trinajstić information content (AvgIpc) is 2.92. The highest BCUT2D eigenvalue weighted by Crippen LogP contribution is 1.86. The van der Waals surface area contributed by atoms with Crippen molar-refractivity contribution in [1.29, 1.82) is 0 Å². The third kappa shape index (κ3) is 8.47. The molecule has 0 unspecified atom stereocenters. The predicted octanol–water partition coefficient (Wildman–Crippen LogP) is -6.62. The van der Waals surface area contributed by atoms with Gasteiger partial charge in [-0.15, -0.1) is 0 Å². The summed E-state index contributed by atoms with van der Waals surface area (Å²) in [7, 11) is 0. The lowest BCUT2D eigenvalue weighted by Crippen LogP contribution is -3.09. The van der Waals surface area contributed by atoms with Gasteiger partial charge in [0.15, 0.2) is 0 Å². The summed E-state index contributed by atoms with van der Waals surface area (Å²) >= 11 is 0. The molecule has 0 aromatic carbocycles. The molecule has 2 aliphatic heterocycles. The van der Waals surface area contributed by atoms with Crippen molar-refractivity contribution in [2.45, 2.75) is 39.5 Å². The van der Waals surface area contributed by atoms with E-state index in [0.29, 0.717) is 0 Å². The number of quaternary nitrogens is 2. The van der Waals surface area contributed by atoms with Gasteiger partial charge in [-0.1, -0.05) is 0 Å². The van der Waals surface area contributed by atoms with Crippen LogP contribution in [0.4, 0.5) is 0 Å². The molecule has 0 aromatic rings. The predicted molar refractivity (Wildman–Crippen MR) is 60.9 cm³/mol. The van der Waals surface area contributed by atoms with Gasteiger partial charge in [0.2, 0.25) is 0 Å². The van der Waals surface area contributed by atoms with Gasteiger partial charge < -0.3 is 57.8 Å². The van der Waals surface area contributed by atoms with Gasteiger partial charge in [-0.2, -0.15) is 0 Å². The van der Waals surface area contributed by atoms with Crippen LogP contribution in [0.5, 0.6) is 0 Å². The Morgan fingerprint density at radius 1 is 0.625 bits per heavy atom. The zero-order chi connectivity index (χ0) is 10.2. The van der Waals surface area contributed by atoms with Crippen molar-refractivity contribution in [1.82, 2.24) is 0 Å². The van der Waals surface area contributed by atoms with Crippen LogP contribution in [0.3, 0.4) is 0 Å².